The molecule has 156 valence electrons. The Morgan fingerprint density at radius 3 is 2.69 bits per heavy atom. The van der Waals surface area contributed by atoms with Crippen LogP contribution >= 0.6 is 0 Å². The SMILES string of the molecule is CCOc1ccc2c(O[C@]3(C(=O)O)CCCN3C(=O)OC(C)(C)C)nccc2c1. The number of aromatic nitrogens is 1. The van der Waals surface area contributed by atoms with Crippen molar-refractivity contribution in [2.45, 2.75) is 51.9 Å². The second-order valence-electron chi connectivity index (χ2n) is 7.86. The number of hydrogen-bond acceptors (Lipinski definition) is 6. The molecule has 0 saturated carbocycles. The third-order valence-corrected chi connectivity index (χ3v) is 4.56. The third-order valence-electron chi connectivity index (χ3n) is 4.56. The molecule has 1 fully saturated rings. The van der Waals surface area contributed by atoms with Gasteiger partial charge in [-0.05, 0) is 63.8 Å². The summed E-state index contributed by atoms with van der Waals surface area (Å²) >= 11 is 0. The molecule has 0 bridgehead atoms. The molecular formula is C21H26N2O6. The normalized spacial score (nSPS) is 19.2. The first-order valence-corrected chi connectivity index (χ1v) is 9.61. The molecule has 2 heterocycles. The van der Waals surface area contributed by atoms with E-state index in [1.54, 1.807) is 39.0 Å². The Morgan fingerprint density at radius 2 is 2.03 bits per heavy atom. The number of ether oxygens (including phenoxy) is 3. The Bertz CT molecular complexity index is 923. The van der Waals surface area contributed by atoms with E-state index in [4.69, 9.17) is 14.2 Å². The average Bonchev–Trinajstić information content (AvgIpc) is 3.06. The fourth-order valence-corrected chi connectivity index (χ4v) is 3.35. The number of aliphatic carboxylic acids is 1. The van der Waals surface area contributed by atoms with Crippen LogP contribution in [0.15, 0.2) is 30.5 Å². The lowest BCUT2D eigenvalue weighted by Gasteiger charge is -2.35. The van der Waals surface area contributed by atoms with Crippen LogP contribution in [0.4, 0.5) is 4.79 Å². The van der Waals surface area contributed by atoms with E-state index in [1.807, 2.05) is 13.0 Å². The predicted molar refractivity (Wildman–Crippen MR) is 106 cm³/mol. The van der Waals surface area contributed by atoms with Crippen molar-refractivity contribution in [2.75, 3.05) is 13.2 Å². The fraction of sp³-hybridized carbons (Fsp3) is 0.476. The Kier molecular flexibility index (Phi) is 5.55. The van der Waals surface area contributed by atoms with Crippen LogP contribution < -0.4 is 9.47 Å². The van der Waals surface area contributed by atoms with Crippen LogP contribution in [0.1, 0.15) is 40.5 Å². The van der Waals surface area contributed by atoms with Crippen molar-refractivity contribution in [3.63, 3.8) is 0 Å². The molecule has 0 unspecified atom stereocenters. The number of likely N-dealkylation sites (tertiary alicyclic amines) is 1. The molecule has 1 aliphatic heterocycles. The molecule has 1 saturated heterocycles. The highest BCUT2D eigenvalue weighted by Gasteiger charge is 2.54. The zero-order valence-electron chi connectivity index (χ0n) is 17.1. The van der Waals surface area contributed by atoms with Crippen LogP contribution in [0.25, 0.3) is 10.8 Å². The van der Waals surface area contributed by atoms with E-state index < -0.39 is 23.4 Å². The van der Waals surface area contributed by atoms with Gasteiger partial charge in [0.1, 0.15) is 11.4 Å². The Morgan fingerprint density at radius 1 is 1.28 bits per heavy atom. The number of carboxylic acids is 1. The molecule has 8 nitrogen and oxygen atoms in total. The fourth-order valence-electron chi connectivity index (χ4n) is 3.35. The second-order valence-corrected chi connectivity index (χ2v) is 7.86. The number of carbonyl (C=O) groups is 2. The predicted octanol–water partition coefficient (Wildman–Crippen LogP) is 3.82. The minimum absolute atomic E-state index is 0.136. The minimum atomic E-state index is -1.87. The molecule has 1 N–H and O–H groups in total. The molecule has 1 aromatic carbocycles. The molecule has 1 atom stereocenters. The topological polar surface area (TPSA) is 98.2 Å². The standard InChI is InChI=1S/C21H26N2O6/c1-5-27-15-7-8-16-14(13-15)9-11-22-17(16)28-21(18(24)25)10-6-12-23(21)19(26)29-20(2,3)4/h7-9,11,13H,5-6,10,12H2,1-4H3,(H,24,25)/t21-/m0/s1. The first-order valence-electron chi connectivity index (χ1n) is 9.61. The molecule has 1 aromatic heterocycles. The molecule has 0 radical (unpaired) electrons. The number of nitrogens with zero attached hydrogens (tertiary/aromatic N) is 2. The maximum absolute atomic E-state index is 12.7. The van der Waals surface area contributed by atoms with E-state index in [-0.39, 0.29) is 18.8 Å². The summed E-state index contributed by atoms with van der Waals surface area (Å²) in [6, 6.07) is 7.17. The van der Waals surface area contributed by atoms with Crippen molar-refractivity contribution in [2.24, 2.45) is 0 Å². The van der Waals surface area contributed by atoms with Gasteiger partial charge in [-0.15, -0.1) is 0 Å². The Hall–Kier alpha value is -3.03. The van der Waals surface area contributed by atoms with Crippen LogP contribution in [-0.2, 0) is 9.53 Å². The van der Waals surface area contributed by atoms with Crippen LogP contribution in [0, 0.1) is 0 Å². The van der Waals surface area contributed by atoms with Gasteiger partial charge in [-0.1, -0.05) is 0 Å². The van der Waals surface area contributed by atoms with E-state index in [0.717, 1.165) is 10.3 Å². The Balaban J connectivity index is 1.98. The first-order chi connectivity index (χ1) is 13.7. The molecule has 0 aliphatic carbocycles. The van der Waals surface area contributed by atoms with Gasteiger partial charge in [0.2, 0.25) is 5.88 Å². The van der Waals surface area contributed by atoms with Crippen molar-refractivity contribution < 1.29 is 28.9 Å². The summed E-state index contributed by atoms with van der Waals surface area (Å²) in [6.07, 6.45) is 1.42. The van der Waals surface area contributed by atoms with E-state index in [2.05, 4.69) is 4.98 Å². The van der Waals surface area contributed by atoms with Crippen molar-refractivity contribution in [1.29, 1.82) is 0 Å². The van der Waals surface area contributed by atoms with Gasteiger partial charge in [0, 0.05) is 24.5 Å². The third kappa shape index (κ3) is 4.21. The maximum atomic E-state index is 12.7. The lowest BCUT2D eigenvalue weighted by molar-refractivity contribution is -0.169. The quantitative estimate of drug-likeness (QED) is 0.812. The molecule has 3 rings (SSSR count). The summed E-state index contributed by atoms with van der Waals surface area (Å²) in [4.78, 5) is 30.3. The van der Waals surface area contributed by atoms with Crippen molar-refractivity contribution >= 4 is 22.8 Å². The molecule has 1 aliphatic rings. The molecule has 0 spiro atoms. The summed E-state index contributed by atoms with van der Waals surface area (Å²) < 4.78 is 16.9. The zero-order valence-corrected chi connectivity index (χ0v) is 17.1. The number of fused-ring (bicyclic) bond motifs is 1. The van der Waals surface area contributed by atoms with Gasteiger partial charge in [-0.2, -0.15) is 0 Å². The molecule has 2 aromatic rings. The number of carbonyl (C=O) groups excluding carboxylic acids is 1. The summed E-state index contributed by atoms with van der Waals surface area (Å²) in [5.41, 5.74) is -2.63. The largest absolute Gasteiger partial charge is 0.494 e. The average molecular weight is 402 g/mol. The van der Waals surface area contributed by atoms with Crippen molar-refractivity contribution in [3.8, 4) is 11.6 Å². The van der Waals surface area contributed by atoms with Gasteiger partial charge < -0.3 is 19.3 Å². The van der Waals surface area contributed by atoms with Gasteiger partial charge >= 0.3 is 12.1 Å². The van der Waals surface area contributed by atoms with Gasteiger partial charge in [-0.25, -0.2) is 14.6 Å². The van der Waals surface area contributed by atoms with Gasteiger partial charge in [0.05, 0.1) is 6.61 Å². The summed E-state index contributed by atoms with van der Waals surface area (Å²) in [5, 5.41) is 11.4. The number of hydrogen-bond donors (Lipinski definition) is 1. The van der Waals surface area contributed by atoms with Crippen LogP contribution in [0.3, 0.4) is 0 Å². The number of amides is 1. The van der Waals surface area contributed by atoms with Crippen molar-refractivity contribution in [1.82, 2.24) is 9.88 Å². The summed E-state index contributed by atoms with van der Waals surface area (Å²) in [7, 11) is 0. The lowest BCUT2D eigenvalue weighted by Crippen LogP contribution is -2.58. The van der Waals surface area contributed by atoms with E-state index in [0.29, 0.717) is 24.2 Å². The monoisotopic (exact) mass is 402 g/mol. The van der Waals surface area contributed by atoms with Gasteiger partial charge in [0.25, 0.3) is 5.72 Å². The summed E-state index contributed by atoms with van der Waals surface area (Å²) in [6.45, 7) is 7.84. The molecule has 1 amide bonds. The highest BCUT2D eigenvalue weighted by Crippen LogP contribution is 2.36. The highest BCUT2D eigenvalue weighted by atomic mass is 16.6. The summed E-state index contributed by atoms with van der Waals surface area (Å²) in [5.74, 6) is -0.421. The van der Waals surface area contributed by atoms with Crippen molar-refractivity contribution in [3.05, 3.63) is 30.5 Å². The minimum Gasteiger partial charge on any atom is -0.494 e. The zero-order chi connectivity index (χ0) is 21.2. The van der Waals surface area contributed by atoms with E-state index in [9.17, 15) is 14.7 Å². The first kappa shape index (κ1) is 20.7. The highest BCUT2D eigenvalue weighted by molar-refractivity contribution is 5.89. The molecule has 29 heavy (non-hydrogen) atoms. The van der Waals surface area contributed by atoms with E-state index >= 15 is 0 Å². The van der Waals surface area contributed by atoms with Gasteiger partial charge in [-0.3, -0.25) is 4.90 Å². The second kappa shape index (κ2) is 7.77. The maximum Gasteiger partial charge on any atom is 0.413 e. The molecule has 8 heteroatoms. The molecular weight excluding hydrogens is 376 g/mol. The number of benzene rings is 1. The van der Waals surface area contributed by atoms with Crippen LogP contribution in [0.5, 0.6) is 11.6 Å². The van der Waals surface area contributed by atoms with Gasteiger partial charge in [0.15, 0.2) is 0 Å². The van der Waals surface area contributed by atoms with Crippen LogP contribution in [0.2, 0.25) is 0 Å². The van der Waals surface area contributed by atoms with E-state index in [1.165, 1.54) is 6.20 Å². The number of carboxylic acid groups (broad SMARTS) is 1. The number of rotatable bonds is 5. The Labute approximate surface area is 169 Å². The smallest absolute Gasteiger partial charge is 0.413 e. The van der Waals surface area contributed by atoms with Crippen LogP contribution in [-0.4, -0.2) is 51.5 Å². The number of pyridine rings is 1. The lowest BCUT2D eigenvalue weighted by atomic mass is 10.1.